The van der Waals surface area contributed by atoms with E-state index in [-0.39, 0.29) is 5.56 Å². The van der Waals surface area contributed by atoms with Crippen LogP contribution in [-0.2, 0) is 19.5 Å². The molecule has 0 bridgehead atoms. The van der Waals surface area contributed by atoms with Gasteiger partial charge in [0.05, 0.1) is 5.56 Å². The molecule has 0 spiro atoms. The monoisotopic (exact) mass is 279 g/mol. The van der Waals surface area contributed by atoms with Crippen molar-refractivity contribution in [3.63, 3.8) is 0 Å². The highest BCUT2D eigenvalue weighted by atomic mass is 32.1. The van der Waals surface area contributed by atoms with Crippen molar-refractivity contribution in [2.75, 3.05) is 6.54 Å². The number of aromatic amines is 2. The van der Waals surface area contributed by atoms with Crippen molar-refractivity contribution >= 4 is 23.6 Å². The molecule has 0 aliphatic carbocycles. The SMILES string of the molecule is O=c1[nH]c(=S)[nH]c2c1CN(Cc1ccsc1)CC2. The van der Waals surface area contributed by atoms with E-state index in [1.54, 1.807) is 11.3 Å². The Labute approximate surface area is 113 Å². The molecular formula is C12H13N3OS2. The van der Waals surface area contributed by atoms with Crippen molar-refractivity contribution in [3.8, 4) is 0 Å². The van der Waals surface area contributed by atoms with E-state index in [0.29, 0.717) is 11.3 Å². The van der Waals surface area contributed by atoms with Crippen LogP contribution >= 0.6 is 23.6 Å². The molecule has 94 valence electrons. The standard InChI is InChI=1S/C12H13N3OS2/c16-11-9-6-15(5-8-2-4-18-7-8)3-1-10(9)13-12(17)14-11/h2,4,7H,1,3,5-6H2,(H2,13,14,16,17). The van der Waals surface area contributed by atoms with Crippen LogP contribution in [0.5, 0.6) is 0 Å². The van der Waals surface area contributed by atoms with E-state index in [2.05, 4.69) is 31.7 Å². The topological polar surface area (TPSA) is 51.9 Å². The fourth-order valence-electron chi connectivity index (χ4n) is 2.29. The molecule has 1 aliphatic rings. The maximum absolute atomic E-state index is 11.9. The summed E-state index contributed by atoms with van der Waals surface area (Å²) in [4.78, 5) is 19.9. The summed E-state index contributed by atoms with van der Waals surface area (Å²) >= 11 is 6.69. The number of aromatic nitrogens is 2. The van der Waals surface area contributed by atoms with E-state index < -0.39 is 0 Å². The first kappa shape index (κ1) is 11.8. The molecule has 0 radical (unpaired) electrons. The van der Waals surface area contributed by atoms with Crippen LogP contribution in [0.3, 0.4) is 0 Å². The summed E-state index contributed by atoms with van der Waals surface area (Å²) < 4.78 is 0.421. The van der Waals surface area contributed by atoms with Gasteiger partial charge in [-0.2, -0.15) is 11.3 Å². The fraction of sp³-hybridized carbons (Fsp3) is 0.333. The van der Waals surface area contributed by atoms with E-state index in [4.69, 9.17) is 12.2 Å². The van der Waals surface area contributed by atoms with Gasteiger partial charge in [0.15, 0.2) is 4.77 Å². The molecule has 2 aromatic heterocycles. The number of rotatable bonds is 2. The summed E-state index contributed by atoms with van der Waals surface area (Å²) in [5.74, 6) is 0. The zero-order chi connectivity index (χ0) is 12.5. The Morgan fingerprint density at radius 3 is 3.11 bits per heavy atom. The van der Waals surface area contributed by atoms with Crippen molar-refractivity contribution in [2.24, 2.45) is 0 Å². The van der Waals surface area contributed by atoms with Crippen LogP contribution in [0.25, 0.3) is 0 Å². The number of thiophene rings is 1. The maximum Gasteiger partial charge on any atom is 0.256 e. The molecule has 6 heteroatoms. The van der Waals surface area contributed by atoms with Gasteiger partial charge in [0.25, 0.3) is 5.56 Å². The summed E-state index contributed by atoms with van der Waals surface area (Å²) in [6.07, 6.45) is 0.854. The second-order valence-corrected chi connectivity index (χ2v) is 5.65. The maximum atomic E-state index is 11.9. The summed E-state index contributed by atoms with van der Waals surface area (Å²) in [5, 5.41) is 4.23. The zero-order valence-corrected chi connectivity index (χ0v) is 11.4. The van der Waals surface area contributed by atoms with Gasteiger partial charge in [0, 0.05) is 31.7 Å². The predicted molar refractivity (Wildman–Crippen MR) is 74.4 cm³/mol. The first-order valence-corrected chi connectivity index (χ1v) is 7.15. The van der Waals surface area contributed by atoms with Crippen LogP contribution in [0.1, 0.15) is 16.8 Å². The lowest BCUT2D eigenvalue weighted by atomic mass is 10.1. The summed E-state index contributed by atoms with van der Waals surface area (Å²) in [6, 6.07) is 2.13. The highest BCUT2D eigenvalue weighted by molar-refractivity contribution is 7.71. The third-order valence-electron chi connectivity index (χ3n) is 3.18. The van der Waals surface area contributed by atoms with Crippen LogP contribution in [0.4, 0.5) is 0 Å². The Morgan fingerprint density at radius 2 is 2.33 bits per heavy atom. The molecule has 0 aromatic carbocycles. The normalized spacial score (nSPS) is 15.6. The van der Waals surface area contributed by atoms with Crippen LogP contribution in [0, 0.1) is 4.77 Å². The second kappa shape index (κ2) is 4.79. The molecule has 1 aliphatic heterocycles. The second-order valence-electron chi connectivity index (χ2n) is 4.46. The van der Waals surface area contributed by atoms with Crippen LogP contribution in [-0.4, -0.2) is 21.4 Å². The number of hydrogen-bond donors (Lipinski definition) is 2. The minimum Gasteiger partial charge on any atom is -0.335 e. The molecule has 0 atom stereocenters. The summed E-state index contributed by atoms with van der Waals surface area (Å²) in [7, 11) is 0. The Morgan fingerprint density at radius 1 is 1.44 bits per heavy atom. The van der Waals surface area contributed by atoms with Crippen molar-refractivity contribution in [3.05, 3.63) is 48.8 Å². The highest BCUT2D eigenvalue weighted by Gasteiger charge is 2.19. The Balaban J connectivity index is 1.85. The van der Waals surface area contributed by atoms with Gasteiger partial charge in [-0.1, -0.05) is 0 Å². The first-order valence-electron chi connectivity index (χ1n) is 5.80. The Kier molecular flexibility index (Phi) is 3.15. The van der Waals surface area contributed by atoms with Gasteiger partial charge in [-0.25, -0.2) is 0 Å². The van der Waals surface area contributed by atoms with Gasteiger partial charge >= 0.3 is 0 Å². The van der Waals surface area contributed by atoms with Gasteiger partial charge in [-0.3, -0.25) is 14.7 Å². The van der Waals surface area contributed by atoms with Crippen molar-refractivity contribution in [2.45, 2.75) is 19.5 Å². The van der Waals surface area contributed by atoms with Gasteiger partial charge in [0.2, 0.25) is 0 Å². The largest absolute Gasteiger partial charge is 0.335 e. The van der Waals surface area contributed by atoms with E-state index in [9.17, 15) is 4.79 Å². The number of hydrogen-bond acceptors (Lipinski definition) is 4. The molecule has 18 heavy (non-hydrogen) atoms. The van der Waals surface area contributed by atoms with Crippen molar-refractivity contribution < 1.29 is 0 Å². The molecule has 0 saturated carbocycles. The van der Waals surface area contributed by atoms with Crippen molar-refractivity contribution in [1.29, 1.82) is 0 Å². The number of nitrogens with one attached hydrogen (secondary N) is 2. The minimum absolute atomic E-state index is 0.0521. The van der Waals surface area contributed by atoms with E-state index in [1.165, 1.54) is 5.56 Å². The minimum atomic E-state index is -0.0521. The van der Waals surface area contributed by atoms with Crippen LogP contribution < -0.4 is 5.56 Å². The van der Waals surface area contributed by atoms with Crippen LogP contribution in [0.15, 0.2) is 21.6 Å². The lowest BCUT2D eigenvalue weighted by Gasteiger charge is -2.27. The molecule has 2 aromatic rings. The lowest BCUT2D eigenvalue weighted by Crippen LogP contribution is -2.35. The Hall–Kier alpha value is -1.24. The molecule has 4 nitrogen and oxygen atoms in total. The third kappa shape index (κ3) is 2.31. The summed E-state index contributed by atoms with van der Waals surface area (Å²) in [5.41, 5.74) is 3.07. The number of fused-ring (bicyclic) bond motifs is 1. The van der Waals surface area contributed by atoms with Gasteiger partial charge in [-0.15, -0.1) is 0 Å². The first-order chi connectivity index (χ1) is 8.72. The molecular weight excluding hydrogens is 266 g/mol. The molecule has 0 amide bonds. The average Bonchev–Trinajstić information content (AvgIpc) is 2.83. The van der Waals surface area contributed by atoms with Gasteiger partial charge in [-0.05, 0) is 34.6 Å². The highest BCUT2D eigenvalue weighted by Crippen LogP contribution is 2.17. The molecule has 0 fully saturated rings. The molecule has 3 rings (SSSR count). The Bertz CT molecular complexity index is 657. The molecule has 3 heterocycles. The van der Waals surface area contributed by atoms with Gasteiger partial charge < -0.3 is 4.98 Å². The smallest absolute Gasteiger partial charge is 0.256 e. The van der Waals surface area contributed by atoms with E-state index in [1.807, 2.05) is 0 Å². The zero-order valence-electron chi connectivity index (χ0n) is 9.73. The molecule has 0 unspecified atom stereocenters. The van der Waals surface area contributed by atoms with E-state index in [0.717, 1.165) is 30.8 Å². The molecule has 0 saturated heterocycles. The summed E-state index contributed by atoms with van der Waals surface area (Å²) in [6.45, 7) is 2.54. The molecule has 2 N–H and O–H groups in total. The fourth-order valence-corrected chi connectivity index (χ4v) is 3.16. The third-order valence-corrected chi connectivity index (χ3v) is 4.11. The number of H-pyrrole nitrogens is 2. The van der Waals surface area contributed by atoms with Gasteiger partial charge in [0.1, 0.15) is 0 Å². The predicted octanol–water partition coefficient (Wildman–Crippen LogP) is 2.05. The quantitative estimate of drug-likeness (QED) is 0.827. The van der Waals surface area contributed by atoms with E-state index >= 15 is 0 Å². The lowest BCUT2D eigenvalue weighted by molar-refractivity contribution is 0.242. The van der Waals surface area contributed by atoms with Crippen LogP contribution in [0.2, 0.25) is 0 Å². The van der Waals surface area contributed by atoms with Crippen molar-refractivity contribution in [1.82, 2.24) is 14.9 Å². The number of nitrogens with zero attached hydrogens (tertiary/aromatic N) is 1. The average molecular weight is 279 g/mol.